The van der Waals surface area contributed by atoms with Crippen LogP contribution in [-0.4, -0.2) is 38.6 Å². The molecule has 26 heavy (non-hydrogen) atoms. The van der Waals surface area contributed by atoms with Gasteiger partial charge in [-0.25, -0.2) is 0 Å². The van der Waals surface area contributed by atoms with Gasteiger partial charge in [-0.1, -0.05) is 18.2 Å². The van der Waals surface area contributed by atoms with E-state index in [1.54, 1.807) is 24.1 Å². The zero-order valence-corrected chi connectivity index (χ0v) is 14.7. The summed E-state index contributed by atoms with van der Waals surface area (Å²) < 4.78 is 10.6. The minimum absolute atomic E-state index is 0.0348. The van der Waals surface area contributed by atoms with Crippen molar-refractivity contribution in [2.45, 2.75) is 6.42 Å². The monoisotopic (exact) mass is 354 g/mol. The van der Waals surface area contributed by atoms with Crippen LogP contribution in [0.5, 0.6) is 11.5 Å². The Morgan fingerprint density at radius 2 is 1.85 bits per heavy atom. The molecule has 6 nitrogen and oxygen atoms in total. The van der Waals surface area contributed by atoms with E-state index in [0.717, 1.165) is 11.4 Å². The van der Waals surface area contributed by atoms with Crippen LogP contribution in [0.15, 0.2) is 54.6 Å². The van der Waals surface area contributed by atoms with Gasteiger partial charge in [-0.2, -0.15) is 0 Å². The Hall–Kier alpha value is -3.02. The van der Waals surface area contributed by atoms with Gasteiger partial charge in [0.15, 0.2) is 6.61 Å². The van der Waals surface area contributed by atoms with Crippen LogP contribution in [0.1, 0.15) is 6.42 Å². The van der Waals surface area contributed by atoms with Gasteiger partial charge >= 0.3 is 0 Å². The first kappa shape index (κ1) is 17.8. The molecule has 3 rings (SSSR count). The average Bonchev–Trinajstić information content (AvgIpc) is 3.06. The molecular weight excluding hydrogens is 332 g/mol. The fourth-order valence-corrected chi connectivity index (χ4v) is 2.90. The highest BCUT2D eigenvalue weighted by molar-refractivity contribution is 5.95. The van der Waals surface area contributed by atoms with Gasteiger partial charge < -0.3 is 19.7 Å². The first-order valence-electron chi connectivity index (χ1n) is 8.54. The molecule has 0 spiro atoms. The predicted molar refractivity (Wildman–Crippen MR) is 98.4 cm³/mol. The molecule has 1 saturated heterocycles. The summed E-state index contributed by atoms with van der Waals surface area (Å²) >= 11 is 0. The molecule has 2 aromatic rings. The highest BCUT2D eigenvalue weighted by atomic mass is 16.5. The van der Waals surface area contributed by atoms with Crippen LogP contribution >= 0.6 is 0 Å². The molecule has 0 radical (unpaired) electrons. The Labute approximate surface area is 152 Å². The number of anilines is 1. The van der Waals surface area contributed by atoms with E-state index in [9.17, 15) is 9.59 Å². The maximum atomic E-state index is 12.3. The van der Waals surface area contributed by atoms with Crippen LogP contribution in [0.2, 0.25) is 0 Å². The minimum Gasteiger partial charge on any atom is -0.497 e. The van der Waals surface area contributed by atoms with Crippen molar-refractivity contribution in [1.82, 2.24) is 5.32 Å². The van der Waals surface area contributed by atoms with Crippen molar-refractivity contribution in [2.75, 3.05) is 31.7 Å². The van der Waals surface area contributed by atoms with Crippen molar-refractivity contribution in [3.8, 4) is 11.5 Å². The third kappa shape index (κ3) is 4.53. The lowest BCUT2D eigenvalue weighted by atomic mass is 10.1. The number of hydrogen-bond donors (Lipinski definition) is 1. The molecule has 1 fully saturated rings. The summed E-state index contributed by atoms with van der Waals surface area (Å²) in [5.74, 6) is 1.37. The second kappa shape index (κ2) is 8.38. The number of nitrogens with one attached hydrogen (secondary N) is 1. The summed E-state index contributed by atoms with van der Waals surface area (Å²) in [4.78, 5) is 25.9. The molecule has 6 heteroatoms. The Morgan fingerprint density at radius 1 is 1.12 bits per heavy atom. The van der Waals surface area contributed by atoms with Crippen LogP contribution in [0.4, 0.5) is 5.69 Å². The summed E-state index contributed by atoms with van der Waals surface area (Å²) in [6.45, 7) is 1.01. The molecule has 1 N–H and O–H groups in total. The van der Waals surface area contributed by atoms with Crippen LogP contribution in [-0.2, 0) is 9.59 Å². The summed E-state index contributed by atoms with van der Waals surface area (Å²) in [7, 11) is 1.61. The largest absolute Gasteiger partial charge is 0.497 e. The Bertz CT molecular complexity index is 746. The lowest BCUT2D eigenvalue weighted by molar-refractivity contribution is -0.123. The summed E-state index contributed by atoms with van der Waals surface area (Å²) in [6.07, 6.45) is 0.422. The maximum Gasteiger partial charge on any atom is 0.257 e. The topological polar surface area (TPSA) is 67.9 Å². The van der Waals surface area contributed by atoms with Gasteiger partial charge in [0.1, 0.15) is 11.5 Å². The van der Waals surface area contributed by atoms with Gasteiger partial charge in [-0.3, -0.25) is 9.59 Å². The van der Waals surface area contributed by atoms with Crippen molar-refractivity contribution >= 4 is 17.5 Å². The molecule has 1 aliphatic heterocycles. The third-order valence-electron chi connectivity index (χ3n) is 4.29. The molecular formula is C20H22N2O4. The van der Waals surface area contributed by atoms with E-state index in [0.29, 0.717) is 25.3 Å². The first-order chi connectivity index (χ1) is 12.7. The van der Waals surface area contributed by atoms with E-state index in [4.69, 9.17) is 9.47 Å². The van der Waals surface area contributed by atoms with Crippen LogP contribution in [0.25, 0.3) is 0 Å². The number of hydrogen-bond acceptors (Lipinski definition) is 4. The summed E-state index contributed by atoms with van der Waals surface area (Å²) in [6, 6.07) is 16.6. The highest BCUT2D eigenvalue weighted by Gasteiger charge is 2.30. The molecule has 1 unspecified atom stereocenters. The third-order valence-corrected chi connectivity index (χ3v) is 4.29. The Kier molecular flexibility index (Phi) is 5.73. The Morgan fingerprint density at radius 3 is 2.54 bits per heavy atom. The van der Waals surface area contributed by atoms with E-state index >= 15 is 0 Å². The number of rotatable bonds is 7. The standard InChI is InChI=1S/C20H22N2O4/c1-25-17-9-7-16(8-10-17)22-13-15(11-20(22)24)12-21-19(23)14-26-18-5-3-2-4-6-18/h2-10,15H,11-14H2,1H3,(H,21,23). The lowest BCUT2D eigenvalue weighted by Crippen LogP contribution is -2.34. The van der Waals surface area contributed by atoms with Gasteiger partial charge in [0.05, 0.1) is 7.11 Å². The fraction of sp³-hybridized carbons (Fsp3) is 0.300. The number of benzene rings is 2. The van der Waals surface area contributed by atoms with Crippen molar-refractivity contribution in [1.29, 1.82) is 0 Å². The maximum absolute atomic E-state index is 12.3. The van der Waals surface area contributed by atoms with E-state index in [1.165, 1.54) is 0 Å². The quantitative estimate of drug-likeness (QED) is 0.828. The average molecular weight is 354 g/mol. The van der Waals surface area contributed by atoms with Crippen molar-refractivity contribution in [3.63, 3.8) is 0 Å². The fourth-order valence-electron chi connectivity index (χ4n) is 2.90. The number of methoxy groups -OCH3 is 1. The first-order valence-corrected chi connectivity index (χ1v) is 8.54. The van der Waals surface area contributed by atoms with Crippen LogP contribution in [0.3, 0.4) is 0 Å². The zero-order chi connectivity index (χ0) is 18.4. The number of carbonyl (C=O) groups excluding carboxylic acids is 2. The number of nitrogens with zero attached hydrogens (tertiary/aromatic N) is 1. The second-order valence-electron chi connectivity index (χ2n) is 6.18. The highest BCUT2D eigenvalue weighted by Crippen LogP contribution is 2.26. The smallest absolute Gasteiger partial charge is 0.257 e. The number of carbonyl (C=O) groups is 2. The van der Waals surface area contributed by atoms with E-state index < -0.39 is 0 Å². The van der Waals surface area contributed by atoms with Gasteiger partial charge in [-0.05, 0) is 36.4 Å². The summed E-state index contributed by atoms with van der Waals surface area (Å²) in [5.41, 5.74) is 0.844. The van der Waals surface area contributed by atoms with E-state index in [-0.39, 0.29) is 24.3 Å². The molecule has 0 bridgehead atoms. The predicted octanol–water partition coefficient (Wildman–Crippen LogP) is 2.24. The normalized spacial score (nSPS) is 16.4. The van der Waals surface area contributed by atoms with Crippen molar-refractivity contribution in [3.05, 3.63) is 54.6 Å². The summed E-state index contributed by atoms with van der Waals surface area (Å²) in [5, 5.41) is 2.84. The molecule has 1 heterocycles. The SMILES string of the molecule is COc1ccc(N2CC(CNC(=O)COc3ccccc3)CC2=O)cc1. The molecule has 2 aromatic carbocycles. The number of amides is 2. The van der Waals surface area contributed by atoms with E-state index in [2.05, 4.69) is 5.32 Å². The molecule has 0 aromatic heterocycles. The van der Waals surface area contributed by atoms with Crippen molar-refractivity contribution in [2.24, 2.45) is 5.92 Å². The Balaban J connectivity index is 1.45. The van der Waals surface area contributed by atoms with Gasteiger partial charge in [0.25, 0.3) is 5.91 Å². The molecule has 0 aliphatic carbocycles. The molecule has 136 valence electrons. The molecule has 1 atom stereocenters. The van der Waals surface area contributed by atoms with Crippen LogP contribution in [0, 0.1) is 5.92 Å². The van der Waals surface area contributed by atoms with Gasteiger partial charge in [0.2, 0.25) is 5.91 Å². The molecule has 0 saturated carbocycles. The van der Waals surface area contributed by atoms with Crippen LogP contribution < -0.4 is 19.7 Å². The minimum atomic E-state index is -0.191. The number of ether oxygens (including phenoxy) is 2. The molecule has 1 aliphatic rings. The van der Waals surface area contributed by atoms with Gasteiger partial charge in [0, 0.05) is 31.1 Å². The lowest BCUT2D eigenvalue weighted by Gasteiger charge is -2.17. The molecule has 2 amide bonds. The number of para-hydroxylation sites is 1. The van der Waals surface area contributed by atoms with Gasteiger partial charge in [-0.15, -0.1) is 0 Å². The zero-order valence-electron chi connectivity index (χ0n) is 14.7. The van der Waals surface area contributed by atoms with Crippen molar-refractivity contribution < 1.29 is 19.1 Å². The van der Waals surface area contributed by atoms with E-state index in [1.807, 2.05) is 42.5 Å². The second-order valence-corrected chi connectivity index (χ2v) is 6.18.